The van der Waals surface area contributed by atoms with Gasteiger partial charge >= 0.3 is 0 Å². The molecule has 0 aromatic carbocycles. The summed E-state index contributed by atoms with van der Waals surface area (Å²) in [5.74, 6) is 0.624. The zero-order valence-electron chi connectivity index (χ0n) is 13.1. The second-order valence-corrected chi connectivity index (χ2v) is 7.29. The molecular weight excluding hydrogens is 206 g/mol. The van der Waals surface area contributed by atoms with Gasteiger partial charge in [-0.2, -0.15) is 0 Å². The Labute approximate surface area is 109 Å². The monoisotopic (exact) mass is 239 g/mol. The molecule has 0 aromatic rings. The molecule has 0 spiro atoms. The lowest BCUT2D eigenvalue weighted by Gasteiger charge is -2.38. The highest BCUT2D eigenvalue weighted by atomic mass is 14.8. The molecule has 0 radical (unpaired) electrons. The van der Waals surface area contributed by atoms with E-state index in [1.807, 2.05) is 7.05 Å². The smallest absolute Gasteiger partial charge is 0.00519 e. The summed E-state index contributed by atoms with van der Waals surface area (Å²) in [5.41, 5.74) is 1.96. The van der Waals surface area contributed by atoms with E-state index in [-0.39, 0.29) is 5.41 Å². The van der Waals surface area contributed by atoms with Crippen molar-refractivity contribution in [3.8, 4) is 0 Å². The number of allylic oxidation sites excluding steroid dienone is 1. The van der Waals surface area contributed by atoms with Crippen LogP contribution < -0.4 is 5.32 Å². The number of unbranched alkanes of at least 4 members (excludes halogenated alkanes) is 1. The molecule has 0 heterocycles. The van der Waals surface area contributed by atoms with Crippen LogP contribution in [0.4, 0.5) is 0 Å². The third kappa shape index (κ3) is 6.26. The largest absolute Gasteiger partial charge is 0.320 e. The topological polar surface area (TPSA) is 12.0 Å². The molecule has 0 fully saturated rings. The van der Waals surface area contributed by atoms with Crippen LogP contribution in [0.25, 0.3) is 0 Å². The minimum absolute atomic E-state index is 0.223. The van der Waals surface area contributed by atoms with Gasteiger partial charge in [-0.3, -0.25) is 0 Å². The maximum atomic E-state index is 4.38. The van der Waals surface area contributed by atoms with Crippen molar-refractivity contribution < 1.29 is 0 Å². The molecule has 1 unspecified atom stereocenters. The third-order valence-electron chi connectivity index (χ3n) is 3.60. The van der Waals surface area contributed by atoms with E-state index < -0.39 is 0 Å². The van der Waals surface area contributed by atoms with Crippen molar-refractivity contribution in [3.05, 3.63) is 12.2 Å². The normalized spacial score (nSPS) is 14.8. The summed E-state index contributed by atoms with van der Waals surface area (Å²) in [6.07, 6.45) is 3.82. The Kier molecular flexibility index (Phi) is 6.47. The van der Waals surface area contributed by atoms with E-state index in [4.69, 9.17) is 0 Å². The van der Waals surface area contributed by atoms with Gasteiger partial charge in [-0.05, 0) is 43.2 Å². The van der Waals surface area contributed by atoms with Crippen LogP contribution in [0.15, 0.2) is 12.2 Å². The maximum Gasteiger partial charge on any atom is -0.00519 e. The quantitative estimate of drug-likeness (QED) is 0.526. The van der Waals surface area contributed by atoms with Crippen molar-refractivity contribution in [2.24, 2.45) is 16.7 Å². The molecule has 0 aliphatic heterocycles. The van der Waals surface area contributed by atoms with Gasteiger partial charge in [-0.15, -0.1) is 0 Å². The molecule has 0 amide bonds. The first-order valence-corrected chi connectivity index (χ1v) is 6.94. The lowest BCUT2D eigenvalue weighted by atomic mass is 9.67. The molecule has 0 saturated heterocycles. The van der Waals surface area contributed by atoms with E-state index in [0.717, 1.165) is 6.54 Å². The van der Waals surface area contributed by atoms with Crippen LogP contribution in [0.1, 0.15) is 60.8 Å². The molecule has 1 heteroatoms. The minimum Gasteiger partial charge on any atom is -0.320 e. The molecule has 1 atom stereocenters. The second-order valence-electron chi connectivity index (χ2n) is 7.29. The van der Waals surface area contributed by atoms with Gasteiger partial charge in [0.05, 0.1) is 0 Å². The number of hydrogen-bond donors (Lipinski definition) is 1. The van der Waals surface area contributed by atoms with Crippen LogP contribution in [0.2, 0.25) is 0 Å². The Morgan fingerprint density at radius 1 is 1.06 bits per heavy atom. The predicted octanol–water partition coefficient (Wildman–Crippen LogP) is 4.64. The van der Waals surface area contributed by atoms with Crippen LogP contribution >= 0.6 is 0 Å². The molecule has 17 heavy (non-hydrogen) atoms. The van der Waals surface area contributed by atoms with Gasteiger partial charge in [0, 0.05) is 0 Å². The molecule has 1 nitrogen and oxygen atoms in total. The maximum absolute atomic E-state index is 4.38. The highest BCUT2D eigenvalue weighted by molar-refractivity contribution is 5.12. The Balaban J connectivity index is 4.52. The van der Waals surface area contributed by atoms with E-state index >= 15 is 0 Å². The fraction of sp³-hybridized carbons (Fsp3) is 0.875. The molecule has 0 aromatic heterocycles. The fourth-order valence-electron chi connectivity index (χ4n) is 2.30. The van der Waals surface area contributed by atoms with Gasteiger partial charge in [0.2, 0.25) is 0 Å². The van der Waals surface area contributed by atoms with Crippen molar-refractivity contribution in [2.75, 3.05) is 13.6 Å². The van der Waals surface area contributed by atoms with Crippen LogP contribution in [-0.2, 0) is 0 Å². The standard InChI is InChI=1S/C16H33N/c1-13(15(2,3)4)14(16(5,6)7)11-9-10-12-17-8/h14,17H,1,9-12H2,2-8H3. The molecule has 0 rings (SSSR count). The molecule has 0 aliphatic carbocycles. The summed E-state index contributed by atoms with van der Waals surface area (Å²) in [6, 6.07) is 0. The molecule has 1 N–H and O–H groups in total. The highest BCUT2D eigenvalue weighted by Gasteiger charge is 2.31. The van der Waals surface area contributed by atoms with Crippen LogP contribution in [0.5, 0.6) is 0 Å². The number of hydrogen-bond acceptors (Lipinski definition) is 1. The molecule has 102 valence electrons. The zero-order chi connectivity index (χ0) is 13.7. The lowest BCUT2D eigenvalue weighted by Crippen LogP contribution is -2.28. The van der Waals surface area contributed by atoms with E-state index in [9.17, 15) is 0 Å². The second kappa shape index (κ2) is 6.58. The minimum atomic E-state index is 0.223. The predicted molar refractivity (Wildman–Crippen MR) is 79.3 cm³/mol. The van der Waals surface area contributed by atoms with Crippen LogP contribution in [0.3, 0.4) is 0 Å². The SMILES string of the molecule is C=C(C(CCCCNC)C(C)(C)C)C(C)(C)C. The van der Waals surface area contributed by atoms with Crippen molar-refractivity contribution >= 4 is 0 Å². The Hall–Kier alpha value is -0.300. The number of rotatable bonds is 6. The average molecular weight is 239 g/mol. The molecular formula is C16H33N. The van der Waals surface area contributed by atoms with Crippen molar-refractivity contribution in [3.63, 3.8) is 0 Å². The molecule has 0 bridgehead atoms. The van der Waals surface area contributed by atoms with E-state index in [0.29, 0.717) is 11.3 Å². The van der Waals surface area contributed by atoms with E-state index in [1.54, 1.807) is 0 Å². The van der Waals surface area contributed by atoms with Crippen molar-refractivity contribution in [1.29, 1.82) is 0 Å². The average Bonchev–Trinajstić information content (AvgIpc) is 2.13. The molecule has 0 saturated carbocycles. The summed E-state index contributed by atoms with van der Waals surface area (Å²) < 4.78 is 0. The van der Waals surface area contributed by atoms with Gasteiger partial charge in [0.1, 0.15) is 0 Å². The summed E-state index contributed by atoms with van der Waals surface area (Å²) in [4.78, 5) is 0. The van der Waals surface area contributed by atoms with Gasteiger partial charge < -0.3 is 5.32 Å². The van der Waals surface area contributed by atoms with Gasteiger partial charge in [0.25, 0.3) is 0 Å². The van der Waals surface area contributed by atoms with Crippen molar-refractivity contribution in [1.82, 2.24) is 5.32 Å². The zero-order valence-corrected chi connectivity index (χ0v) is 13.1. The third-order valence-corrected chi connectivity index (χ3v) is 3.60. The van der Waals surface area contributed by atoms with E-state index in [1.165, 1.54) is 24.8 Å². The lowest BCUT2D eigenvalue weighted by molar-refractivity contribution is 0.226. The van der Waals surface area contributed by atoms with Crippen LogP contribution in [-0.4, -0.2) is 13.6 Å². The van der Waals surface area contributed by atoms with Crippen LogP contribution in [0, 0.1) is 16.7 Å². The van der Waals surface area contributed by atoms with E-state index in [2.05, 4.69) is 53.4 Å². The Bertz CT molecular complexity index is 227. The number of nitrogens with one attached hydrogen (secondary N) is 1. The summed E-state index contributed by atoms with van der Waals surface area (Å²) in [5, 5.41) is 3.22. The fourth-order valence-corrected chi connectivity index (χ4v) is 2.30. The van der Waals surface area contributed by atoms with Crippen molar-refractivity contribution in [2.45, 2.75) is 60.8 Å². The summed E-state index contributed by atoms with van der Waals surface area (Å²) >= 11 is 0. The first-order chi connectivity index (χ1) is 7.60. The Morgan fingerprint density at radius 2 is 1.59 bits per heavy atom. The van der Waals surface area contributed by atoms with Gasteiger partial charge in [0.15, 0.2) is 0 Å². The summed E-state index contributed by atoms with van der Waals surface area (Å²) in [6.45, 7) is 19.4. The van der Waals surface area contributed by atoms with Gasteiger partial charge in [-0.1, -0.05) is 60.1 Å². The molecule has 0 aliphatic rings. The first-order valence-electron chi connectivity index (χ1n) is 6.94. The summed E-state index contributed by atoms with van der Waals surface area (Å²) in [7, 11) is 2.02. The van der Waals surface area contributed by atoms with Gasteiger partial charge in [-0.25, -0.2) is 0 Å². The Morgan fingerprint density at radius 3 is 1.94 bits per heavy atom. The first kappa shape index (κ1) is 16.7. The highest BCUT2D eigenvalue weighted by Crippen LogP contribution is 2.42.